The SMILES string of the molecule is CC1(C)c2ccccc2-c2ccc(N(c3cccc(-c4cccc5ccc6sc7ccccc7c6c45)c3)c3cccc4ccccc34)cc21. The van der Waals surface area contributed by atoms with Gasteiger partial charge in [0.25, 0.3) is 0 Å². The summed E-state index contributed by atoms with van der Waals surface area (Å²) in [6.07, 6.45) is 0. The monoisotopic (exact) mass is 643 g/mol. The Labute approximate surface area is 290 Å². The molecule has 0 fully saturated rings. The third-order valence-electron chi connectivity index (χ3n) is 10.6. The number of rotatable bonds is 4. The Bertz CT molecular complexity index is 2760. The van der Waals surface area contributed by atoms with Gasteiger partial charge in [0.2, 0.25) is 0 Å². The van der Waals surface area contributed by atoms with Gasteiger partial charge in [-0.3, -0.25) is 0 Å². The van der Waals surface area contributed by atoms with Crippen molar-refractivity contribution in [1.29, 1.82) is 0 Å². The summed E-state index contributed by atoms with van der Waals surface area (Å²) in [4.78, 5) is 2.46. The second-order valence-electron chi connectivity index (χ2n) is 13.7. The molecule has 0 unspecified atom stereocenters. The molecule has 232 valence electrons. The summed E-state index contributed by atoms with van der Waals surface area (Å²) in [5.41, 5.74) is 11.3. The van der Waals surface area contributed by atoms with Crippen LogP contribution in [0.4, 0.5) is 17.1 Å². The van der Waals surface area contributed by atoms with Gasteiger partial charge in [0.15, 0.2) is 0 Å². The minimum absolute atomic E-state index is 0.0914. The molecule has 0 radical (unpaired) electrons. The Balaban J connectivity index is 1.21. The van der Waals surface area contributed by atoms with Gasteiger partial charge in [0, 0.05) is 42.3 Å². The van der Waals surface area contributed by atoms with E-state index in [4.69, 9.17) is 0 Å². The van der Waals surface area contributed by atoms with Crippen molar-refractivity contribution in [1.82, 2.24) is 0 Å². The Kier molecular flexibility index (Phi) is 6.16. The predicted octanol–water partition coefficient (Wildman–Crippen LogP) is 13.8. The normalized spacial score (nSPS) is 13.3. The van der Waals surface area contributed by atoms with E-state index in [1.165, 1.54) is 80.8 Å². The fourth-order valence-corrected chi connectivity index (χ4v) is 9.42. The fourth-order valence-electron chi connectivity index (χ4n) is 8.31. The van der Waals surface area contributed by atoms with Gasteiger partial charge in [-0.1, -0.05) is 135 Å². The molecule has 1 nitrogen and oxygen atoms in total. The highest BCUT2D eigenvalue weighted by atomic mass is 32.1. The molecule has 49 heavy (non-hydrogen) atoms. The topological polar surface area (TPSA) is 3.24 Å². The minimum atomic E-state index is -0.0914. The van der Waals surface area contributed by atoms with Crippen molar-refractivity contribution in [3.63, 3.8) is 0 Å². The molecule has 0 atom stereocenters. The molecule has 10 rings (SSSR count). The van der Waals surface area contributed by atoms with Crippen molar-refractivity contribution < 1.29 is 0 Å². The average Bonchev–Trinajstić information content (AvgIpc) is 3.64. The number of benzene rings is 8. The summed E-state index contributed by atoms with van der Waals surface area (Å²) in [5, 5.41) is 7.74. The summed E-state index contributed by atoms with van der Waals surface area (Å²) in [7, 11) is 0. The molecule has 1 aromatic heterocycles. The molecule has 2 heteroatoms. The van der Waals surface area contributed by atoms with Crippen LogP contribution in [0, 0.1) is 0 Å². The van der Waals surface area contributed by atoms with E-state index in [1.54, 1.807) is 0 Å². The van der Waals surface area contributed by atoms with E-state index in [2.05, 4.69) is 183 Å². The highest BCUT2D eigenvalue weighted by Crippen LogP contribution is 2.51. The molecule has 0 bridgehead atoms. The Morgan fingerprint density at radius 3 is 2.08 bits per heavy atom. The van der Waals surface area contributed by atoms with E-state index in [-0.39, 0.29) is 5.41 Å². The van der Waals surface area contributed by atoms with Crippen LogP contribution in [0.3, 0.4) is 0 Å². The first-order valence-corrected chi connectivity index (χ1v) is 17.8. The van der Waals surface area contributed by atoms with E-state index in [0.29, 0.717) is 0 Å². The maximum absolute atomic E-state index is 2.46. The second kappa shape index (κ2) is 10.7. The number of anilines is 3. The van der Waals surface area contributed by atoms with Crippen LogP contribution in [0.2, 0.25) is 0 Å². The molecule has 1 aliphatic carbocycles. The molecule has 1 heterocycles. The lowest BCUT2D eigenvalue weighted by atomic mass is 9.82. The number of hydrogen-bond donors (Lipinski definition) is 0. The highest BCUT2D eigenvalue weighted by molar-refractivity contribution is 7.26. The van der Waals surface area contributed by atoms with E-state index in [1.807, 2.05) is 11.3 Å². The lowest BCUT2D eigenvalue weighted by molar-refractivity contribution is 0.660. The van der Waals surface area contributed by atoms with Crippen LogP contribution in [0.1, 0.15) is 25.0 Å². The first kappa shape index (κ1) is 28.3. The average molecular weight is 644 g/mol. The van der Waals surface area contributed by atoms with E-state index in [9.17, 15) is 0 Å². The zero-order chi connectivity index (χ0) is 32.7. The van der Waals surface area contributed by atoms with Crippen LogP contribution in [0.15, 0.2) is 164 Å². The van der Waals surface area contributed by atoms with Gasteiger partial charge in [0.05, 0.1) is 5.69 Å². The molecule has 0 amide bonds. The second-order valence-corrected chi connectivity index (χ2v) is 14.8. The molecule has 0 saturated heterocycles. The molecular weight excluding hydrogens is 611 g/mol. The van der Waals surface area contributed by atoms with Crippen molar-refractivity contribution in [3.8, 4) is 22.3 Å². The maximum Gasteiger partial charge on any atom is 0.0540 e. The molecular formula is C47H33NS. The van der Waals surface area contributed by atoms with Gasteiger partial charge in [-0.05, 0) is 92.0 Å². The summed E-state index contributed by atoms with van der Waals surface area (Å²) >= 11 is 1.88. The first-order chi connectivity index (χ1) is 24.1. The van der Waals surface area contributed by atoms with Gasteiger partial charge in [-0.15, -0.1) is 11.3 Å². The molecule has 1 aliphatic rings. The Hall–Kier alpha value is -5.70. The summed E-state index contributed by atoms with van der Waals surface area (Å²) < 4.78 is 2.66. The largest absolute Gasteiger partial charge is 0.310 e. The van der Waals surface area contributed by atoms with Crippen LogP contribution < -0.4 is 4.90 Å². The Morgan fingerprint density at radius 1 is 0.449 bits per heavy atom. The van der Waals surface area contributed by atoms with Crippen LogP contribution in [0.5, 0.6) is 0 Å². The lowest BCUT2D eigenvalue weighted by Gasteiger charge is -2.29. The standard InChI is InChI=1S/C47H33NS/c1-47(2)40-21-7-5-18-37(40)38-26-25-34(29-41(38)47)48(42-22-11-13-30-12-3-4-17-35(30)42)33-16-9-15-32(28-33)36-20-10-14-31-24-27-44-46(45(31)36)39-19-6-8-23-43(39)49-44/h3-29H,1-2H3. The van der Waals surface area contributed by atoms with Gasteiger partial charge in [-0.2, -0.15) is 0 Å². The van der Waals surface area contributed by atoms with Crippen molar-refractivity contribution in [2.24, 2.45) is 0 Å². The Morgan fingerprint density at radius 2 is 1.14 bits per heavy atom. The zero-order valence-electron chi connectivity index (χ0n) is 27.4. The zero-order valence-corrected chi connectivity index (χ0v) is 28.3. The van der Waals surface area contributed by atoms with Crippen molar-refractivity contribution in [3.05, 3.63) is 175 Å². The van der Waals surface area contributed by atoms with Crippen molar-refractivity contribution in [2.75, 3.05) is 4.90 Å². The van der Waals surface area contributed by atoms with Crippen LogP contribution in [0.25, 0.3) is 64.0 Å². The fraction of sp³-hybridized carbons (Fsp3) is 0.0638. The van der Waals surface area contributed by atoms with Crippen molar-refractivity contribution in [2.45, 2.75) is 19.3 Å². The van der Waals surface area contributed by atoms with E-state index < -0.39 is 0 Å². The van der Waals surface area contributed by atoms with Crippen molar-refractivity contribution >= 4 is 70.1 Å². The van der Waals surface area contributed by atoms with Gasteiger partial charge >= 0.3 is 0 Å². The lowest BCUT2D eigenvalue weighted by Crippen LogP contribution is -2.16. The summed E-state index contributed by atoms with van der Waals surface area (Å²) in [5.74, 6) is 0. The van der Waals surface area contributed by atoms with Crippen LogP contribution >= 0.6 is 11.3 Å². The van der Waals surface area contributed by atoms with Crippen LogP contribution in [-0.4, -0.2) is 0 Å². The maximum atomic E-state index is 2.46. The summed E-state index contributed by atoms with van der Waals surface area (Å²) in [6, 6.07) is 60.7. The smallest absolute Gasteiger partial charge is 0.0540 e. The minimum Gasteiger partial charge on any atom is -0.310 e. The number of thiophene rings is 1. The number of nitrogens with zero attached hydrogens (tertiary/aromatic N) is 1. The quantitative estimate of drug-likeness (QED) is 0.184. The summed E-state index contributed by atoms with van der Waals surface area (Å²) in [6.45, 7) is 4.72. The predicted molar refractivity (Wildman–Crippen MR) is 212 cm³/mol. The van der Waals surface area contributed by atoms with Gasteiger partial charge in [0.1, 0.15) is 0 Å². The number of fused-ring (bicyclic) bond motifs is 9. The molecule has 0 spiro atoms. The van der Waals surface area contributed by atoms with Crippen LogP contribution in [-0.2, 0) is 5.41 Å². The highest BCUT2D eigenvalue weighted by Gasteiger charge is 2.35. The van der Waals surface area contributed by atoms with Gasteiger partial charge < -0.3 is 4.90 Å². The molecule has 9 aromatic rings. The molecule has 8 aromatic carbocycles. The molecule has 0 saturated carbocycles. The third kappa shape index (κ3) is 4.24. The van der Waals surface area contributed by atoms with E-state index >= 15 is 0 Å². The van der Waals surface area contributed by atoms with E-state index in [0.717, 1.165) is 11.4 Å². The molecule has 0 aliphatic heterocycles. The first-order valence-electron chi connectivity index (χ1n) is 17.0. The molecule has 0 N–H and O–H groups in total. The third-order valence-corrected chi connectivity index (χ3v) is 11.8. The number of hydrogen-bond acceptors (Lipinski definition) is 2. The van der Waals surface area contributed by atoms with Gasteiger partial charge in [-0.25, -0.2) is 0 Å².